The Labute approximate surface area is 138 Å². The van der Waals surface area contributed by atoms with Crippen molar-refractivity contribution in [1.29, 1.82) is 0 Å². The van der Waals surface area contributed by atoms with Crippen molar-refractivity contribution in [2.75, 3.05) is 17.4 Å². The molecule has 1 aromatic carbocycles. The number of nitrogens with zero attached hydrogens (tertiary/aromatic N) is 3. The van der Waals surface area contributed by atoms with Crippen LogP contribution in [0.25, 0.3) is 0 Å². The van der Waals surface area contributed by atoms with Gasteiger partial charge in [-0.3, -0.25) is 4.98 Å². The molecular formula is C17H15N5O2. The van der Waals surface area contributed by atoms with Crippen molar-refractivity contribution >= 4 is 17.3 Å². The topological polar surface area (TPSA) is 81.2 Å². The van der Waals surface area contributed by atoms with Crippen molar-refractivity contribution in [2.45, 2.75) is 6.54 Å². The van der Waals surface area contributed by atoms with Gasteiger partial charge in [0.25, 0.3) is 0 Å². The van der Waals surface area contributed by atoms with E-state index in [9.17, 15) is 0 Å². The smallest absolute Gasteiger partial charge is 0.231 e. The largest absolute Gasteiger partial charge is 0.454 e. The van der Waals surface area contributed by atoms with E-state index in [4.69, 9.17) is 9.47 Å². The molecule has 0 saturated carbocycles. The van der Waals surface area contributed by atoms with Crippen LogP contribution in [-0.4, -0.2) is 21.7 Å². The van der Waals surface area contributed by atoms with E-state index in [0.717, 1.165) is 28.7 Å². The van der Waals surface area contributed by atoms with E-state index >= 15 is 0 Å². The SMILES string of the molecule is c1ccc(CNc2cc(Nc3ccc4c(c3)OCO4)ncn2)nc1. The predicted octanol–water partition coefficient (Wildman–Crippen LogP) is 2.96. The maximum atomic E-state index is 5.37. The van der Waals surface area contributed by atoms with Crippen LogP contribution in [0.1, 0.15) is 5.69 Å². The molecule has 7 heteroatoms. The van der Waals surface area contributed by atoms with Crippen molar-refractivity contribution < 1.29 is 9.47 Å². The second kappa shape index (κ2) is 6.41. The van der Waals surface area contributed by atoms with Crippen molar-refractivity contribution in [1.82, 2.24) is 15.0 Å². The van der Waals surface area contributed by atoms with Crippen LogP contribution < -0.4 is 20.1 Å². The van der Waals surface area contributed by atoms with Gasteiger partial charge in [-0.05, 0) is 24.3 Å². The van der Waals surface area contributed by atoms with E-state index in [1.54, 1.807) is 6.20 Å². The Balaban J connectivity index is 1.44. The lowest BCUT2D eigenvalue weighted by Crippen LogP contribution is -2.04. The zero-order valence-corrected chi connectivity index (χ0v) is 12.8. The predicted molar refractivity (Wildman–Crippen MR) is 89.4 cm³/mol. The Morgan fingerprint density at radius 2 is 1.83 bits per heavy atom. The minimum Gasteiger partial charge on any atom is -0.454 e. The molecule has 0 radical (unpaired) electrons. The number of ether oxygens (including phenoxy) is 2. The number of anilines is 3. The fourth-order valence-electron chi connectivity index (χ4n) is 2.33. The molecule has 0 unspecified atom stereocenters. The van der Waals surface area contributed by atoms with Crippen molar-refractivity contribution in [2.24, 2.45) is 0 Å². The highest BCUT2D eigenvalue weighted by atomic mass is 16.7. The first-order valence-electron chi connectivity index (χ1n) is 7.49. The second-order valence-electron chi connectivity index (χ2n) is 5.16. The van der Waals surface area contributed by atoms with E-state index in [2.05, 4.69) is 25.6 Å². The third-order valence-corrected chi connectivity index (χ3v) is 3.49. The molecule has 0 spiro atoms. The lowest BCUT2D eigenvalue weighted by molar-refractivity contribution is 0.174. The van der Waals surface area contributed by atoms with Crippen molar-refractivity contribution in [3.05, 3.63) is 60.7 Å². The standard InChI is InChI=1S/C17H15N5O2/c1-2-6-18-13(3-1)9-19-16-8-17(21-10-20-16)22-12-4-5-14-15(7-12)24-11-23-14/h1-8,10H,9,11H2,(H2,19,20,21,22). The number of fused-ring (bicyclic) bond motifs is 1. The monoisotopic (exact) mass is 321 g/mol. The van der Waals surface area contributed by atoms with Crippen molar-refractivity contribution in [3.8, 4) is 11.5 Å². The van der Waals surface area contributed by atoms with E-state index in [0.29, 0.717) is 12.4 Å². The van der Waals surface area contributed by atoms with Gasteiger partial charge in [-0.25, -0.2) is 9.97 Å². The fraction of sp³-hybridized carbons (Fsp3) is 0.118. The third kappa shape index (κ3) is 3.19. The van der Waals surface area contributed by atoms with Gasteiger partial charge in [-0.2, -0.15) is 0 Å². The first-order valence-corrected chi connectivity index (χ1v) is 7.49. The van der Waals surface area contributed by atoms with Crippen LogP contribution in [0.4, 0.5) is 17.3 Å². The minimum absolute atomic E-state index is 0.258. The number of pyridine rings is 1. The summed E-state index contributed by atoms with van der Waals surface area (Å²) in [5.74, 6) is 2.88. The van der Waals surface area contributed by atoms with Gasteiger partial charge in [0, 0.05) is 24.0 Å². The van der Waals surface area contributed by atoms with Crippen molar-refractivity contribution in [3.63, 3.8) is 0 Å². The highest BCUT2D eigenvalue weighted by Crippen LogP contribution is 2.34. The number of hydrogen-bond donors (Lipinski definition) is 2. The molecule has 0 bridgehead atoms. The van der Waals surface area contributed by atoms with E-state index < -0.39 is 0 Å². The average Bonchev–Trinajstić information content (AvgIpc) is 3.09. The maximum Gasteiger partial charge on any atom is 0.231 e. The van der Waals surface area contributed by atoms with Gasteiger partial charge < -0.3 is 20.1 Å². The maximum absolute atomic E-state index is 5.37. The Hall–Kier alpha value is -3.35. The van der Waals surface area contributed by atoms with E-state index in [-0.39, 0.29) is 6.79 Å². The molecule has 7 nitrogen and oxygen atoms in total. The lowest BCUT2D eigenvalue weighted by Gasteiger charge is -2.09. The average molecular weight is 321 g/mol. The van der Waals surface area contributed by atoms with Crippen LogP contribution in [0.5, 0.6) is 11.5 Å². The van der Waals surface area contributed by atoms with Gasteiger partial charge in [0.15, 0.2) is 11.5 Å². The molecule has 1 aliphatic rings. The van der Waals surface area contributed by atoms with Gasteiger partial charge in [-0.15, -0.1) is 0 Å². The molecule has 2 aromatic heterocycles. The van der Waals surface area contributed by atoms with Crippen LogP contribution in [0.2, 0.25) is 0 Å². The fourth-order valence-corrected chi connectivity index (χ4v) is 2.33. The first kappa shape index (κ1) is 14.3. The summed E-state index contributed by atoms with van der Waals surface area (Å²) in [5, 5.41) is 6.46. The molecule has 120 valence electrons. The molecule has 24 heavy (non-hydrogen) atoms. The second-order valence-corrected chi connectivity index (χ2v) is 5.16. The summed E-state index contributed by atoms with van der Waals surface area (Å²) in [6, 6.07) is 13.3. The van der Waals surface area contributed by atoms with E-state index in [1.807, 2.05) is 42.5 Å². The molecule has 0 saturated heterocycles. The van der Waals surface area contributed by atoms with Gasteiger partial charge >= 0.3 is 0 Å². The Bertz CT molecular complexity index is 841. The zero-order valence-electron chi connectivity index (χ0n) is 12.8. The summed E-state index contributed by atoms with van der Waals surface area (Å²) >= 11 is 0. The Morgan fingerprint density at radius 3 is 2.75 bits per heavy atom. The number of nitrogens with one attached hydrogen (secondary N) is 2. The van der Waals surface area contributed by atoms with Gasteiger partial charge in [-0.1, -0.05) is 6.07 Å². The van der Waals surface area contributed by atoms with Crippen LogP contribution in [0.15, 0.2) is 55.0 Å². The third-order valence-electron chi connectivity index (χ3n) is 3.49. The van der Waals surface area contributed by atoms with E-state index in [1.165, 1.54) is 6.33 Å². The van der Waals surface area contributed by atoms with Gasteiger partial charge in [0.1, 0.15) is 18.0 Å². The highest BCUT2D eigenvalue weighted by molar-refractivity contribution is 5.63. The molecule has 0 atom stereocenters. The van der Waals surface area contributed by atoms with Crippen LogP contribution in [-0.2, 0) is 6.54 Å². The summed E-state index contributed by atoms with van der Waals surface area (Å²) in [4.78, 5) is 12.7. The van der Waals surface area contributed by atoms with Gasteiger partial charge in [0.05, 0.1) is 12.2 Å². The number of hydrogen-bond acceptors (Lipinski definition) is 7. The normalized spacial score (nSPS) is 12.0. The summed E-state index contributed by atoms with van der Waals surface area (Å²) in [5.41, 5.74) is 1.81. The molecule has 3 aromatic rings. The number of benzene rings is 1. The molecule has 0 fully saturated rings. The summed E-state index contributed by atoms with van der Waals surface area (Å²) in [7, 11) is 0. The molecular weight excluding hydrogens is 306 g/mol. The lowest BCUT2D eigenvalue weighted by atomic mass is 10.3. The molecule has 0 amide bonds. The Kier molecular flexibility index (Phi) is 3.81. The minimum atomic E-state index is 0.258. The van der Waals surface area contributed by atoms with Crippen LogP contribution in [0, 0.1) is 0 Å². The van der Waals surface area contributed by atoms with Crippen LogP contribution >= 0.6 is 0 Å². The number of aromatic nitrogens is 3. The summed E-state index contributed by atoms with van der Waals surface area (Å²) < 4.78 is 10.7. The molecule has 4 rings (SSSR count). The Morgan fingerprint density at radius 1 is 0.917 bits per heavy atom. The quantitative estimate of drug-likeness (QED) is 0.747. The molecule has 2 N–H and O–H groups in total. The zero-order chi connectivity index (χ0) is 16.2. The number of rotatable bonds is 5. The van der Waals surface area contributed by atoms with Gasteiger partial charge in [0.2, 0.25) is 6.79 Å². The molecule has 0 aliphatic carbocycles. The summed E-state index contributed by atoms with van der Waals surface area (Å²) in [6.45, 7) is 0.856. The molecule has 1 aliphatic heterocycles. The highest BCUT2D eigenvalue weighted by Gasteiger charge is 2.13. The summed E-state index contributed by atoms with van der Waals surface area (Å²) in [6.07, 6.45) is 3.28. The molecule has 3 heterocycles. The van der Waals surface area contributed by atoms with Crippen LogP contribution in [0.3, 0.4) is 0 Å². The first-order chi connectivity index (χ1) is 11.9.